The average Bonchev–Trinajstić information content (AvgIpc) is 3.37. The van der Waals surface area contributed by atoms with Crippen molar-refractivity contribution in [2.75, 3.05) is 10.2 Å². The molecule has 1 N–H and O–H groups in total. The number of thioether (sulfide) groups is 1. The van der Waals surface area contributed by atoms with E-state index in [4.69, 9.17) is 11.6 Å². The lowest BCUT2D eigenvalue weighted by Gasteiger charge is -2.30. The second-order valence-electron chi connectivity index (χ2n) is 9.57. The molecule has 3 amide bonds. The minimum atomic E-state index is -0.842. The van der Waals surface area contributed by atoms with E-state index >= 15 is 0 Å². The van der Waals surface area contributed by atoms with Crippen LogP contribution in [0.25, 0.3) is 0 Å². The van der Waals surface area contributed by atoms with Crippen LogP contribution >= 0.6 is 34.7 Å². The highest BCUT2D eigenvalue weighted by molar-refractivity contribution is 8.00. The first kappa shape index (κ1) is 26.5. The summed E-state index contributed by atoms with van der Waals surface area (Å²) in [7, 11) is 0. The van der Waals surface area contributed by atoms with Crippen molar-refractivity contribution in [1.29, 1.82) is 0 Å². The van der Waals surface area contributed by atoms with E-state index in [0.717, 1.165) is 39.1 Å². The SMILES string of the molecule is Cc1ccccc1NC(=O)Cn1c2c(sc1=O)[C@@H](c1ccc(Cl)cc1)[C@@H]1C(=O)N(c3ccc(F)cc3)C(=O)[C@@H]1S2. The molecule has 2 aliphatic heterocycles. The van der Waals surface area contributed by atoms with Crippen molar-refractivity contribution < 1.29 is 18.8 Å². The number of benzene rings is 3. The number of amides is 3. The van der Waals surface area contributed by atoms with Crippen LogP contribution in [0.1, 0.15) is 21.9 Å². The second-order valence-corrected chi connectivity index (χ2v) is 12.1. The van der Waals surface area contributed by atoms with Gasteiger partial charge in [0.05, 0.1) is 16.6 Å². The van der Waals surface area contributed by atoms with Gasteiger partial charge in [-0.05, 0) is 60.5 Å². The van der Waals surface area contributed by atoms with Crippen LogP contribution in [0.3, 0.4) is 0 Å². The van der Waals surface area contributed by atoms with Gasteiger partial charge in [-0.3, -0.25) is 23.7 Å². The average molecular weight is 594 g/mol. The third kappa shape index (κ3) is 4.55. The maximum atomic E-state index is 13.8. The number of imide groups is 1. The summed E-state index contributed by atoms with van der Waals surface area (Å²) in [5, 5.41) is 3.00. The summed E-state index contributed by atoms with van der Waals surface area (Å²) >= 11 is 8.23. The summed E-state index contributed by atoms with van der Waals surface area (Å²) < 4.78 is 15.0. The first-order valence-corrected chi connectivity index (χ1v) is 14.4. The predicted molar refractivity (Wildman–Crippen MR) is 154 cm³/mol. The highest BCUT2D eigenvalue weighted by Gasteiger charge is 2.56. The molecule has 2 aliphatic rings. The molecule has 0 aliphatic carbocycles. The normalized spacial score (nSPS) is 19.9. The largest absolute Gasteiger partial charge is 0.324 e. The minimum Gasteiger partial charge on any atom is -0.324 e. The lowest BCUT2D eigenvalue weighted by molar-refractivity contribution is -0.122. The summed E-state index contributed by atoms with van der Waals surface area (Å²) in [6.45, 7) is 1.62. The standard InChI is InChI=1S/C29H21ClFN3O4S2/c1-15-4-2-3-5-20(15)32-21(35)14-33-28-25(40-29(33)38)22(16-6-8-17(30)9-7-16)23-24(39-28)27(37)34(26(23)36)19-12-10-18(31)11-13-19/h2-13,22-24H,14H2,1H3,(H,32,35)/t22-,23-,24+/m0/s1. The van der Waals surface area contributed by atoms with E-state index in [1.54, 1.807) is 30.3 Å². The van der Waals surface area contributed by atoms with Crippen molar-refractivity contribution >= 4 is 63.8 Å². The summed E-state index contributed by atoms with van der Waals surface area (Å²) in [5.41, 5.74) is 2.52. The van der Waals surface area contributed by atoms with Crippen molar-refractivity contribution in [2.24, 2.45) is 5.92 Å². The number of carbonyl (C=O) groups excluding carboxylic acids is 3. The van der Waals surface area contributed by atoms with Gasteiger partial charge in [0.25, 0.3) is 0 Å². The van der Waals surface area contributed by atoms with Gasteiger partial charge in [0.1, 0.15) is 17.6 Å². The van der Waals surface area contributed by atoms with Crippen LogP contribution in [0.2, 0.25) is 5.02 Å². The first-order valence-electron chi connectivity index (χ1n) is 12.4. The zero-order valence-corrected chi connectivity index (χ0v) is 23.4. The number of thiazole rings is 1. The van der Waals surface area contributed by atoms with Crippen molar-refractivity contribution in [3.63, 3.8) is 0 Å². The van der Waals surface area contributed by atoms with Gasteiger partial charge >= 0.3 is 4.87 Å². The Morgan fingerprint density at radius 3 is 2.38 bits per heavy atom. The number of anilines is 2. The predicted octanol–water partition coefficient (Wildman–Crippen LogP) is 5.45. The van der Waals surface area contributed by atoms with Gasteiger partial charge in [-0.2, -0.15) is 0 Å². The Labute approximate surface area is 241 Å². The number of nitrogens with zero attached hydrogens (tertiary/aromatic N) is 2. The summed E-state index contributed by atoms with van der Waals surface area (Å²) in [5.74, 6) is -3.16. The topological polar surface area (TPSA) is 88.5 Å². The monoisotopic (exact) mass is 593 g/mol. The first-order chi connectivity index (χ1) is 19.2. The van der Waals surface area contributed by atoms with Crippen molar-refractivity contribution in [3.8, 4) is 0 Å². The Bertz CT molecular complexity index is 1720. The maximum absolute atomic E-state index is 13.8. The molecule has 0 bridgehead atoms. The molecule has 0 spiro atoms. The zero-order chi connectivity index (χ0) is 28.1. The molecule has 3 heterocycles. The van der Waals surface area contributed by atoms with Crippen molar-refractivity contribution in [3.05, 3.63) is 109 Å². The van der Waals surface area contributed by atoms with Gasteiger partial charge < -0.3 is 5.32 Å². The highest BCUT2D eigenvalue weighted by atomic mass is 35.5. The molecule has 7 nitrogen and oxygen atoms in total. The van der Waals surface area contributed by atoms with Crippen LogP contribution in [-0.2, 0) is 20.9 Å². The Morgan fingerprint density at radius 2 is 1.68 bits per heavy atom. The molecule has 4 aromatic rings. The van der Waals surface area contributed by atoms with E-state index in [1.807, 2.05) is 25.1 Å². The van der Waals surface area contributed by atoms with Crippen molar-refractivity contribution in [1.82, 2.24) is 4.57 Å². The van der Waals surface area contributed by atoms with Gasteiger partial charge in [-0.25, -0.2) is 9.29 Å². The number of fused-ring (bicyclic) bond motifs is 2. The lowest BCUT2D eigenvalue weighted by Crippen LogP contribution is -2.33. The van der Waals surface area contributed by atoms with E-state index in [1.165, 1.54) is 28.8 Å². The molecule has 1 fully saturated rings. The van der Waals surface area contributed by atoms with Crippen LogP contribution in [0.5, 0.6) is 0 Å². The molecule has 0 unspecified atom stereocenters. The maximum Gasteiger partial charge on any atom is 0.308 e. The summed E-state index contributed by atoms with van der Waals surface area (Å²) in [6.07, 6.45) is 0. The van der Waals surface area contributed by atoms with Crippen molar-refractivity contribution in [2.45, 2.75) is 29.7 Å². The van der Waals surface area contributed by atoms with Gasteiger partial charge in [-0.1, -0.05) is 65.0 Å². The molecular formula is C29H21ClFN3O4S2. The molecule has 202 valence electrons. The number of para-hydroxylation sites is 1. The number of halogens is 2. The Kier molecular flexibility index (Phi) is 6.85. The third-order valence-corrected chi connectivity index (χ3v) is 9.94. The zero-order valence-electron chi connectivity index (χ0n) is 21.0. The smallest absolute Gasteiger partial charge is 0.308 e. The van der Waals surface area contributed by atoms with Crippen LogP contribution in [0.15, 0.2) is 82.6 Å². The Morgan fingerprint density at radius 1 is 0.975 bits per heavy atom. The molecule has 6 rings (SSSR count). The third-order valence-electron chi connectivity index (χ3n) is 7.08. The molecule has 0 radical (unpaired) electrons. The lowest BCUT2D eigenvalue weighted by atomic mass is 9.83. The number of rotatable bonds is 5. The minimum absolute atomic E-state index is 0.249. The van der Waals surface area contributed by atoms with E-state index < -0.39 is 34.7 Å². The van der Waals surface area contributed by atoms with E-state index in [-0.39, 0.29) is 23.0 Å². The number of nitrogens with one attached hydrogen (secondary N) is 1. The quantitative estimate of drug-likeness (QED) is 0.311. The van der Waals surface area contributed by atoms with Gasteiger partial charge in [0.15, 0.2) is 0 Å². The van der Waals surface area contributed by atoms with E-state index in [0.29, 0.717) is 20.6 Å². The molecule has 40 heavy (non-hydrogen) atoms. The van der Waals surface area contributed by atoms with E-state index in [9.17, 15) is 23.6 Å². The summed E-state index contributed by atoms with van der Waals surface area (Å²) in [4.78, 5) is 55.1. The molecule has 11 heteroatoms. The molecule has 1 aromatic heterocycles. The summed E-state index contributed by atoms with van der Waals surface area (Å²) in [6, 6.07) is 19.5. The van der Waals surface area contributed by atoms with E-state index in [2.05, 4.69) is 5.32 Å². The number of aryl methyl sites for hydroxylation is 1. The van der Waals surface area contributed by atoms with Crippen LogP contribution < -0.4 is 15.1 Å². The fourth-order valence-corrected chi connectivity index (χ4v) is 8.07. The van der Waals surface area contributed by atoms with Crippen LogP contribution in [-0.4, -0.2) is 27.5 Å². The fraction of sp³-hybridized carbons (Fsp3) is 0.172. The number of hydrogen-bond acceptors (Lipinski definition) is 6. The van der Waals surface area contributed by atoms with Gasteiger partial charge in [0.2, 0.25) is 17.7 Å². The number of carbonyl (C=O) groups is 3. The van der Waals surface area contributed by atoms with Crippen LogP contribution in [0.4, 0.5) is 15.8 Å². The number of aromatic nitrogens is 1. The Hall–Kier alpha value is -3.73. The Balaban J connectivity index is 1.41. The molecule has 3 aromatic carbocycles. The van der Waals surface area contributed by atoms with Crippen LogP contribution in [0, 0.1) is 18.7 Å². The second kappa shape index (κ2) is 10.3. The van der Waals surface area contributed by atoms with Gasteiger partial charge in [0, 0.05) is 21.5 Å². The molecule has 3 atom stereocenters. The molecule has 0 saturated carbocycles. The van der Waals surface area contributed by atoms with Gasteiger partial charge in [-0.15, -0.1) is 0 Å². The number of hydrogen-bond donors (Lipinski definition) is 1. The molecular weight excluding hydrogens is 573 g/mol. The molecule has 1 saturated heterocycles. The fourth-order valence-electron chi connectivity index (χ4n) is 5.18. The highest BCUT2D eigenvalue weighted by Crippen LogP contribution is 2.53.